The Kier molecular flexibility index (Phi) is 8.82. The summed E-state index contributed by atoms with van der Waals surface area (Å²) in [5, 5.41) is 6.07. The van der Waals surface area contributed by atoms with Crippen molar-refractivity contribution in [3.63, 3.8) is 0 Å². The molecular weight excluding hydrogens is 464 g/mol. The van der Waals surface area contributed by atoms with E-state index in [0.717, 1.165) is 18.4 Å². The minimum atomic E-state index is -3.59. The Balaban J connectivity index is 1.39. The van der Waals surface area contributed by atoms with Crippen molar-refractivity contribution in [2.75, 3.05) is 6.54 Å². The van der Waals surface area contributed by atoms with Crippen LogP contribution in [0, 0.1) is 11.8 Å². The third kappa shape index (κ3) is 7.52. The zero-order valence-corrected chi connectivity index (χ0v) is 20.0. The van der Waals surface area contributed by atoms with Gasteiger partial charge in [-0.25, -0.2) is 13.1 Å². The second kappa shape index (κ2) is 11.6. The summed E-state index contributed by atoms with van der Waals surface area (Å²) in [7, 11) is -3.59. The highest BCUT2D eigenvalue weighted by Crippen LogP contribution is 2.29. The number of sulfonamides is 1. The molecule has 2 amide bonds. The van der Waals surface area contributed by atoms with Crippen LogP contribution >= 0.6 is 11.6 Å². The molecule has 3 N–H and O–H groups in total. The molecule has 1 atom stereocenters. The Hall–Kier alpha value is -2.49. The predicted molar refractivity (Wildman–Crippen MR) is 126 cm³/mol. The van der Waals surface area contributed by atoms with Crippen molar-refractivity contribution in [3.05, 3.63) is 59.4 Å². The zero-order valence-electron chi connectivity index (χ0n) is 18.5. The first-order valence-electron chi connectivity index (χ1n) is 11.0. The monoisotopic (exact) mass is 492 g/mol. The van der Waals surface area contributed by atoms with Gasteiger partial charge in [0.1, 0.15) is 6.04 Å². The molecule has 0 bridgehead atoms. The van der Waals surface area contributed by atoms with E-state index in [2.05, 4.69) is 20.3 Å². The van der Waals surface area contributed by atoms with Crippen molar-refractivity contribution in [2.24, 2.45) is 11.8 Å². The fourth-order valence-corrected chi connectivity index (χ4v) is 5.04. The summed E-state index contributed by atoms with van der Waals surface area (Å²) in [4.78, 5) is 29.1. The molecule has 1 fully saturated rings. The smallest absolute Gasteiger partial charge is 0.242 e. The number of pyridine rings is 1. The average Bonchev–Trinajstić information content (AvgIpc) is 2.82. The molecule has 2 aromatic rings. The summed E-state index contributed by atoms with van der Waals surface area (Å²) in [6, 6.07) is 9.05. The third-order valence-electron chi connectivity index (χ3n) is 5.85. The van der Waals surface area contributed by atoms with Gasteiger partial charge in [0.15, 0.2) is 0 Å². The maximum atomic E-state index is 12.6. The number of aromatic nitrogens is 1. The summed E-state index contributed by atoms with van der Waals surface area (Å²) in [5.74, 6) is -0.407. The first-order chi connectivity index (χ1) is 15.7. The van der Waals surface area contributed by atoms with Crippen molar-refractivity contribution in [1.29, 1.82) is 0 Å². The lowest BCUT2D eigenvalue weighted by molar-refractivity contribution is -0.131. The Morgan fingerprint density at radius 1 is 1.12 bits per heavy atom. The van der Waals surface area contributed by atoms with Crippen molar-refractivity contribution < 1.29 is 18.0 Å². The van der Waals surface area contributed by atoms with Crippen LogP contribution in [0.15, 0.2) is 53.7 Å². The largest absolute Gasteiger partial charge is 0.350 e. The first-order valence-corrected chi connectivity index (χ1v) is 12.8. The molecule has 0 radical (unpaired) electrons. The molecule has 3 rings (SSSR count). The quantitative estimate of drug-likeness (QED) is 0.497. The van der Waals surface area contributed by atoms with Gasteiger partial charge in [0, 0.05) is 36.4 Å². The zero-order chi connectivity index (χ0) is 23.8. The number of nitrogens with zero attached hydrogens (tertiary/aromatic N) is 1. The number of nitrogens with one attached hydrogen (secondary N) is 3. The maximum Gasteiger partial charge on any atom is 0.242 e. The molecule has 178 valence electrons. The van der Waals surface area contributed by atoms with E-state index in [-0.39, 0.29) is 28.5 Å². The van der Waals surface area contributed by atoms with E-state index in [4.69, 9.17) is 11.6 Å². The van der Waals surface area contributed by atoms with Crippen LogP contribution in [0.2, 0.25) is 5.02 Å². The van der Waals surface area contributed by atoms with Gasteiger partial charge in [0.05, 0.1) is 4.90 Å². The van der Waals surface area contributed by atoms with Gasteiger partial charge in [-0.2, -0.15) is 0 Å². The van der Waals surface area contributed by atoms with Crippen LogP contribution in [0.4, 0.5) is 0 Å². The number of carbonyl (C=O) groups is 2. The second-order valence-electron chi connectivity index (χ2n) is 8.33. The molecule has 0 saturated heterocycles. The highest BCUT2D eigenvalue weighted by molar-refractivity contribution is 7.89. The van der Waals surface area contributed by atoms with Crippen LogP contribution in [0.3, 0.4) is 0 Å². The van der Waals surface area contributed by atoms with Crippen molar-refractivity contribution in [2.45, 2.75) is 50.1 Å². The van der Waals surface area contributed by atoms with Crippen LogP contribution in [0.5, 0.6) is 0 Å². The van der Waals surface area contributed by atoms with E-state index in [1.54, 1.807) is 37.5 Å². The summed E-state index contributed by atoms with van der Waals surface area (Å²) in [5.41, 5.74) is 0.884. The number of benzene rings is 1. The van der Waals surface area contributed by atoms with Gasteiger partial charge in [0.2, 0.25) is 21.8 Å². The lowest BCUT2D eigenvalue weighted by Crippen LogP contribution is -2.47. The molecular formula is C23H29ClN4O4S. The van der Waals surface area contributed by atoms with E-state index < -0.39 is 16.1 Å². The maximum absolute atomic E-state index is 12.6. The Morgan fingerprint density at radius 3 is 2.45 bits per heavy atom. The summed E-state index contributed by atoms with van der Waals surface area (Å²) >= 11 is 5.82. The van der Waals surface area contributed by atoms with Crippen LogP contribution in [-0.2, 0) is 26.2 Å². The average molecular weight is 493 g/mol. The van der Waals surface area contributed by atoms with E-state index in [1.807, 2.05) is 6.07 Å². The Bertz CT molecular complexity index is 1040. The molecule has 8 nitrogen and oxygen atoms in total. The van der Waals surface area contributed by atoms with Gasteiger partial charge in [0.25, 0.3) is 0 Å². The van der Waals surface area contributed by atoms with Crippen LogP contribution in [0.1, 0.15) is 38.2 Å². The third-order valence-corrected chi connectivity index (χ3v) is 7.54. The highest BCUT2D eigenvalue weighted by atomic mass is 35.5. The summed E-state index contributed by atoms with van der Waals surface area (Å²) in [6.07, 6.45) is 6.13. The highest BCUT2D eigenvalue weighted by Gasteiger charge is 2.29. The van der Waals surface area contributed by atoms with Crippen molar-refractivity contribution >= 4 is 33.4 Å². The van der Waals surface area contributed by atoms with Crippen LogP contribution in [-0.4, -0.2) is 37.8 Å². The lowest BCUT2D eigenvalue weighted by atomic mass is 9.81. The molecule has 1 aliphatic rings. The minimum Gasteiger partial charge on any atom is -0.350 e. The number of halogens is 1. The fraction of sp³-hybridized carbons (Fsp3) is 0.435. The topological polar surface area (TPSA) is 117 Å². The first kappa shape index (κ1) is 25.1. The van der Waals surface area contributed by atoms with Gasteiger partial charge in [-0.05, 0) is 74.4 Å². The number of rotatable bonds is 9. The number of amides is 2. The normalized spacial score (nSPS) is 19.5. The number of hydrogen-bond donors (Lipinski definition) is 3. The Morgan fingerprint density at radius 2 is 1.82 bits per heavy atom. The van der Waals surface area contributed by atoms with Gasteiger partial charge >= 0.3 is 0 Å². The van der Waals surface area contributed by atoms with Crippen molar-refractivity contribution in [1.82, 2.24) is 20.3 Å². The molecule has 1 unspecified atom stereocenters. The minimum absolute atomic E-state index is 0.140. The van der Waals surface area contributed by atoms with Gasteiger partial charge < -0.3 is 10.6 Å². The van der Waals surface area contributed by atoms with Gasteiger partial charge in [-0.15, -0.1) is 0 Å². The molecule has 1 aromatic carbocycles. The van der Waals surface area contributed by atoms with Crippen LogP contribution in [0.25, 0.3) is 0 Å². The van der Waals surface area contributed by atoms with E-state index in [9.17, 15) is 18.0 Å². The molecule has 0 aliphatic heterocycles. The molecule has 1 saturated carbocycles. The standard InChI is InChI=1S/C23H29ClN4O4S/c1-16(22(29)26-14-18-3-2-12-25-13-18)28-23(30)19-6-4-17(5-7-19)15-27-33(31,32)21-10-8-20(24)9-11-21/h2-3,8-13,16-17,19,27H,4-7,14-15H2,1H3,(H,26,29)(H,28,30). The molecule has 33 heavy (non-hydrogen) atoms. The molecule has 1 aromatic heterocycles. The lowest BCUT2D eigenvalue weighted by Gasteiger charge is -2.28. The van der Waals surface area contributed by atoms with Gasteiger partial charge in [-0.3, -0.25) is 14.6 Å². The Labute approximate surface area is 199 Å². The predicted octanol–water partition coefficient (Wildman–Crippen LogP) is 2.64. The second-order valence-corrected chi connectivity index (χ2v) is 10.5. The van der Waals surface area contributed by atoms with Crippen LogP contribution < -0.4 is 15.4 Å². The van der Waals surface area contributed by atoms with E-state index >= 15 is 0 Å². The molecule has 1 heterocycles. The number of hydrogen-bond acceptors (Lipinski definition) is 5. The van der Waals surface area contributed by atoms with E-state index in [1.165, 1.54) is 12.1 Å². The van der Waals surface area contributed by atoms with E-state index in [0.29, 0.717) is 31.0 Å². The SMILES string of the molecule is CC(NC(=O)C1CCC(CNS(=O)(=O)c2ccc(Cl)cc2)CC1)C(=O)NCc1cccnc1. The number of carbonyl (C=O) groups excluding carboxylic acids is 2. The molecule has 10 heteroatoms. The molecule has 1 aliphatic carbocycles. The van der Waals surface area contributed by atoms with Crippen molar-refractivity contribution in [3.8, 4) is 0 Å². The summed E-state index contributed by atoms with van der Waals surface area (Å²) < 4.78 is 27.5. The summed E-state index contributed by atoms with van der Waals surface area (Å²) in [6.45, 7) is 2.34. The fourth-order valence-electron chi connectivity index (χ4n) is 3.80. The molecule has 0 spiro atoms. The van der Waals surface area contributed by atoms with Gasteiger partial charge in [-0.1, -0.05) is 17.7 Å².